The average molecular weight is 595 g/mol. The summed E-state index contributed by atoms with van der Waals surface area (Å²) in [4.78, 5) is 16.9. The van der Waals surface area contributed by atoms with Crippen LogP contribution < -0.4 is 20.3 Å². The van der Waals surface area contributed by atoms with Gasteiger partial charge in [0.1, 0.15) is 0 Å². The van der Waals surface area contributed by atoms with Gasteiger partial charge in [0.25, 0.3) is 5.56 Å². The molecule has 1 aliphatic heterocycles. The van der Waals surface area contributed by atoms with E-state index in [1.807, 2.05) is 91.0 Å². The maximum Gasteiger partial charge on any atom is 0.258 e. The fraction of sp³-hybridized carbons (Fsp3) is 0.121. The number of methoxy groups -OCH3 is 2. The van der Waals surface area contributed by atoms with Gasteiger partial charge in [0, 0.05) is 33.6 Å². The molecule has 0 unspecified atom stereocenters. The number of aromatic amines is 1. The first-order valence-electron chi connectivity index (χ1n) is 13.3. The zero-order chi connectivity index (χ0) is 29.2. The molecule has 4 aromatic carbocycles. The van der Waals surface area contributed by atoms with Gasteiger partial charge in [-0.1, -0.05) is 66.2 Å². The number of nitrogens with one attached hydrogen (secondary N) is 2. The van der Waals surface area contributed by atoms with Crippen molar-refractivity contribution in [3.05, 3.63) is 124 Å². The molecule has 1 aromatic heterocycles. The Kier molecular flexibility index (Phi) is 7.65. The van der Waals surface area contributed by atoms with Gasteiger partial charge in [0.2, 0.25) is 0 Å². The number of rotatable bonds is 6. The Bertz CT molecular complexity index is 1880. The van der Waals surface area contributed by atoms with Crippen LogP contribution in [0.1, 0.15) is 23.6 Å². The van der Waals surface area contributed by atoms with Crippen molar-refractivity contribution in [2.45, 2.75) is 12.5 Å². The molecule has 6 rings (SSSR count). The summed E-state index contributed by atoms with van der Waals surface area (Å²) >= 11 is 12.3. The molecule has 42 heavy (non-hydrogen) atoms. The monoisotopic (exact) mass is 594 g/mol. The fourth-order valence-corrected chi connectivity index (χ4v) is 5.77. The Balaban J connectivity index is 1.52. The van der Waals surface area contributed by atoms with E-state index in [4.69, 9.17) is 38.4 Å². The minimum Gasteiger partial charge on any atom is -0.493 e. The van der Waals surface area contributed by atoms with Crippen LogP contribution in [0.15, 0.2) is 107 Å². The number of halogens is 1. The van der Waals surface area contributed by atoms with Gasteiger partial charge >= 0.3 is 0 Å². The van der Waals surface area contributed by atoms with Crippen LogP contribution in [0.3, 0.4) is 0 Å². The number of hydrogen-bond acceptors (Lipinski definition) is 5. The lowest BCUT2D eigenvalue weighted by Gasteiger charge is -2.25. The smallest absolute Gasteiger partial charge is 0.258 e. The number of fused-ring (bicyclic) bond motifs is 1. The number of hydrogen-bond donors (Lipinski definition) is 2. The molecule has 0 spiro atoms. The Morgan fingerprint density at radius 1 is 0.929 bits per heavy atom. The van der Waals surface area contributed by atoms with Gasteiger partial charge in [-0.3, -0.25) is 4.79 Å². The minimum absolute atomic E-state index is 0.239. The van der Waals surface area contributed by atoms with Crippen molar-refractivity contribution < 1.29 is 9.47 Å². The first-order valence-corrected chi connectivity index (χ1v) is 14.1. The molecule has 9 heteroatoms. The van der Waals surface area contributed by atoms with E-state index in [9.17, 15) is 4.79 Å². The number of aromatic nitrogens is 1. The van der Waals surface area contributed by atoms with Crippen LogP contribution in [0.5, 0.6) is 11.5 Å². The number of thiocarbonyl (C=S) groups is 1. The Labute approximate surface area is 253 Å². The van der Waals surface area contributed by atoms with Crippen LogP contribution in [0.2, 0.25) is 5.02 Å². The molecule has 2 heterocycles. The van der Waals surface area contributed by atoms with E-state index in [2.05, 4.69) is 10.3 Å². The molecule has 5 aromatic rings. The predicted molar refractivity (Wildman–Crippen MR) is 173 cm³/mol. The topological polar surface area (TPSA) is 79.0 Å². The molecule has 0 saturated carbocycles. The maximum atomic E-state index is 13.8. The average Bonchev–Trinajstić information content (AvgIpc) is 3.46. The number of H-pyrrole nitrogens is 1. The van der Waals surface area contributed by atoms with Crippen molar-refractivity contribution in [2.75, 3.05) is 19.5 Å². The molecular weight excluding hydrogens is 568 g/mol. The SMILES string of the molecule is COc1ccc([C@H]2CC(c3c(-c4ccccc4)c4cc(Cl)ccc4[nH]c3=O)=NN2C(=S)Nc2ccccc2)cc1OC. The van der Waals surface area contributed by atoms with Gasteiger partial charge in [-0.15, -0.1) is 0 Å². The van der Waals surface area contributed by atoms with Crippen LogP contribution in [0.25, 0.3) is 22.0 Å². The summed E-state index contributed by atoms with van der Waals surface area (Å²) in [5, 5.41) is 11.9. The standard InChI is InChI=1S/C33H27ClN4O3S/c1-40-28-16-13-21(17-29(28)41-2)27-19-26(37-38(27)33(42)35-23-11-7-4-8-12-23)31-30(20-9-5-3-6-10-20)24-18-22(34)14-15-25(24)36-32(31)39/h3-18,27H,19H2,1-2H3,(H,35,42)(H,36,39)/t27-/m1/s1. The van der Waals surface area contributed by atoms with Crippen molar-refractivity contribution in [3.8, 4) is 22.6 Å². The van der Waals surface area contributed by atoms with Gasteiger partial charge in [-0.2, -0.15) is 5.10 Å². The van der Waals surface area contributed by atoms with Crippen LogP contribution >= 0.6 is 23.8 Å². The highest BCUT2D eigenvalue weighted by Crippen LogP contribution is 2.40. The van der Waals surface area contributed by atoms with E-state index in [-0.39, 0.29) is 11.6 Å². The largest absolute Gasteiger partial charge is 0.493 e. The van der Waals surface area contributed by atoms with Crippen LogP contribution in [0, 0.1) is 0 Å². The number of hydrazone groups is 1. The van der Waals surface area contributed by atoms with Crippen molar-refractivity contribution >= 4 is 51.2 Å². The lowest BCUT2D eigenvalue weighted by Crippen LogP contribution is -2.31. The molecule has 0 amide bonds. The molecule has 0 radical (unpaired) electrons. The number of anilines is 1. The number of nitrogens with zero attached hydrogens (tertiary/aromatic N) is 2. The van der Waals surface area contributed by atoms with Crippen LogP contribution in [-0.4, -0.2) is 35.0 Å². The van der Waals surface area contributed by atoms with Crippen molar-refractivity contribution in [3.63, 3.8) is 0 Å². The number of ether oxygens (including phenoxy) is 2. The molecule has 0 bridgehead atoms. The van der Waals surface area contributed by atoms with Crippen LogP contribution in [0.4, 0.5) is 5.69 Å². The highest BCUT2D eigenvalue weighted by atomic mass is 35.5. The van der Waals surface area contributed by atoms with Gasteiger partial charge < -0.3 is 19.8 Å². The van der Waals surface area contributed by atoms with Gasteiger partial charge in [-0.25, -0.2) is 5.01 Å². The number of pyridine rings is 1. The molecule has 0 saturated heterocycles. The van der Waals surface area contributed by atoms with Crippen LogP contribution in [-0.2, 0) is 0 Å². The summed E-state index contributed by atoms with van der Waals surface area (Å²) in [7, 11) is 3.20. The fourth-order valence-electron chi connectivity index (χ4n) is 5.32. The molecule has 1 aliphatic rings. The normalized spacial score (nSPS) is 14.5. The second-order valence-electron chi connectivity index (χ2n) is 9.78. The predicted octanol–water partition coefficient (Wildman–Crippen LogP) is 7.41. The zero-order valence-corrected chi connectivity index (χ0v) is 24.5. The summed E-state index contributed by atoms with van der Waals surface area (Å²) in [6.07, 6.45) is 0.418. The highest BCUT2D eigenvalue weighted by Gasteiger charge is 2.34. The molecule has 0 fully saturated rings. The number of para-hydroxylation sites is 1. The summed E-state index contributed by atoms with van der Waals surface area (Å²) in [5.41, 5.74) is 4.94. The molecule has 210 valence electrons. The first kappa shape index (κ1) is 27.5. The molecule has 1 atom stereocenters. The third-order valence-electron chi connectivity index (χ3n) is 7.26. The van der Waals surface area contributed by atoms with E-state index in [1.54, 1.807) is 25.3 Å². The van der Waals surface area contributed by atoms with Gasteiger partial charge in [0.05, 0.1) is 31.5 Å². The lowest BCUT2D eigenvalue weighted by atomic mass is 9.91. The molecular formula is C33H27ClN4O3S. The maximum absolute atomic E-state index is 13.8. The summed E-state index contributed by atoms with van der Waals surface area (Å²) in [6.45, 7) is 0. The highest BCUT2D eigenvalue weighted by molar-refractivity contribution is 7.80. The van der Waals surface area contributed by atoms with E-state index in [0.29, 0.717) is 44.8 Å². The van der Waals surface area contributed by atoms with Crippen molar-refractivity contribution in [2.24, 2.45) is 5.10 Å². The second kappa shape index (κ2) is 11.7. The van der Waals surface area contributed by atoms with E-state index in [0.717, 1.165) is 27.8 Å². The first-order chi connectivity index (χ1) is 20.5. The lowest BCUT2D eigenvalue weighted by molar-refractivity contribution is 0.348. The van der Waals surface area contributed by atoms with E-state index in [1.165, 1.54) is 0 Å². The summed E-state index contributed by atoms with van der Waals surface area (Å²) in [6, 6.07) is 30.4. The Morgan fingerprint density at radius 3 is 2.36 bits per heavy atom. The Morgan fingerprint density at radius 2 is 1.64 bits per heavy atom. The summed E-state index contributed by atoms with van der Waals surface area (Å²) in [5.74, 6) is 1.21. The molecule has 2 N–H and O–H groups in total. The third-order valence-corrected chi connectivity index (χ3v) is 7.79. The number of benzene rings is 4. The second-order valence-corrected chi connectivity index (χ2v) is 10.6. The van der Waals surface area contributed by atoms with Crippen molar-refractivity contribution in [1.29, 1.82) is 0 Å². The minimum atomic E-state index is -0.318. The summed E-state index contributed by atoms with van der Waals surface area (Å²) < 4.78 is 11.1. The van der Waals surface area contributed by atoms with E-state index >= 15 is 0 Å². The Hall–Kier alpha value is -4.66. The quantitative estimate of drug-likeness (QED) is 0.199. The zero-order valence-electron chi connectivity index (χ0n) is 22.9. The third kappa shape index (κ3) is 5.22. The molecule has 0 aliphatic carbocycles. The van der Waals surface area contributed by atoms with Gasteiger partial charge in [0.15, 0.2) is 16.6 Å². The van der Waals surface area contributed by atoms with E-state index < -0.39 is 0 Å². The molecule has 7 nitrogen and oxygen atoms in total. The van der Waals surface area contributed by atoms with Crippen molar-refractivity contribution in [1.82, 2.24) is 9.99 Å². The van der Waals surface area contributed by atoms with Gasteiger partial charge in [-0.05, 0) is 65.8 Å².